The molecule has 4 nitrogen and oxygen atoms in total. The van der Waals surface area contributed by atoms with Gasteiger partial charge in [-0.1, -0.05) is 18.5 Å². The molecule has 0 aromatic carbocycles. The lowest BCUT2D eigenvalue weighted by Crippen LogP contribution is -2.50. The first kappa shape index (κ1) is 14.8. The van der Waals surface area contributed by atoms with E-state index in [4.69, 9.17) is 17.3 Å². The normalized spacial score (nSPS) is 19.0. The summed E-state index contributed by atoms with van der Waals surface area (Å²) >= 11 is 6.31. The zero-order valence-corrected chi connectivity index (χ0v) is 13.0. The number of aryl methyl sites for hydroxylation is 1. The van der Waals surface area contributed by atoms with Gasteiger partial charge in [0.1, 0.15) is 0 Å². The van der Waals surface area contributed by atoms with Crippen LogP contribution >= 0.6 is 11.6 Å². The minimum absolute atomic E-state index is 0.0916. The Kier molecular flexibility index (Phi) is 4.54. The van der Waals surface area contributed by atoms with Crippen molar-refractivity contribution in [2.24, 2.45) is 5.73 Å². The number of hydrogen-bond donors (Lipinski definition) is 1. The molecule has 0 spiro atoms. The number of aromatic nitrogens is 2. The standard InChI is InChI=1S/C14H25ClN4/c1-4-7-19-12(11(15)10-17-19)13(16)14(2,3)18-8-5-6-9-18/h10,13H,4-9,16H2,1-3H3. The van der Waals surface area contributed by atoms with Gasteiger partial charge in [0.05, 0.1) is 23.0 Å². The van der Waals surface area contributed by atoms with Gasteiger partial charge in [0.25, 0.3) is 0 Å². The number of halogens is 1. The number of likely N-dealkylation sites (tertiary alicyclic amines) is 1. The van der Waals surface area contributed by atoms with Crippen LogP contribution in [-0.2, 0) is 6.54 Å². The highest BCUT2D eigenvalue weighted by Crippen LogP contribution is 2.34. The summed E-state index contributed by atoms with van der Waals surface area (Å²) in [7, 11) is 0. The molecule has 1 aromatic heterocycles. The van der Waals surface area contributed by atoms with Crippen LogP contribution in [0.15, 0.2) is 6.20 Å². The van der Waals surface area contributed by atoms with Crippen molar-refractivity contribution in [2.75, 3.05) is 13.1 Å². The van der Waals surface area contributed by atoms with E-state index in [0.717, 1.165) is 31.7 Å². The number of nitrogens with zero attached hydrogens (tertiary/aromatic N) is 3. The summed E-state index contributed by atoms with van der Waals surface area (Å²) in [5.74, 6) is 0. The van der Waals surface area contributed by atoms with Crippen molar-refractivity contribution in [3.63, 3.8) is 0 Å². The van der Waals surface area contributed by atoms with Crippen LogP contribution in [0.3, 0.4) is 0 Å². The largest absolute Gasteiger partial charge is 0.321 e. The lowest BCUT2D eigenvalue weighted by Gasteiger charge is -2.40. The van der Waals surface area contributed by atoms with E-state index in [0.29, 0.717) is 5.02 Å². The Balaban J connectivity index is 2.27. The molecule has 2 rings (SSSR count). The van der Waals surface area contributed by atoms with Crippen molar-refractivity contribution in [1.29, 1.82) is 0 Å². The molecule has 1 fully saturated rings. The topological polar surface area (TPSA) is 47.1 Å². The molecular formula is C14H25ClN4. The molecule has 108 valence electrons. The zero-order chi connectivity index (χ0) is 14.0. The zero-order valence-electron chi connectivity index (χ0n) is 12.2. The molecule has 1 unspecified atom stereocenters. The minimum Gasteiger partial charge on any atom is -0.321 e. The SMILES string of the molecule is CCCn1ncc(Cl)c1C(N)C(C)(C)N1CCCC1. The van der Waals surface area contributed by atoms with Crippen LogP contribution < -0.4 is 5.73 Å². The molecule has 0 bridgehead atoms. The molecule has 2 N–H and O–H groups in total. The van der Waals surface area contributed by atoms with Crippen molar-refractivity contribution < 1.29 is 0 Å². The molecule has 19 heavy (non-hydrogen) atoms. The van der Waals surface area contributed by atoms with Crippen LogP contribution in [0.5, 0.6) is 0 Å². The molecule has 1 aliphatic rings. The highest BCUT2D eigenvalue weighted by atomic mass is 35.5. The second-order valence-corrected chi connectivity index (χ2v) is 6.33. The van der Waals surface area contributed by atoms with Crippen LogP contribution in [0.25, 0.3) is 0 Å². The summed E-state index contributed by atoms with van der Waals surface area (Å²) in [4.78, 5) is 2.47. The van der Waals surface area contributed by atoms with E-state index in [1.54, 1.807) is 6.20 Å². The Labute approximate surface area is 120 Å². The van der Waals surface area contributed by atoms with Crippen LogP contribution in [0.1, 0.15) is 51.8 Å². The monoisotopic (exact) mass is 284 g/mol. The number of hydrogen-bond acceptors (Lipinski definition) is 3. The summed E-state index contributed by atoms with van der Waals surface area (Å²) in [5.41, 5.74) is 7.42. The van der Waals surface area contributed by atoms with E-state index in [1.165, 1.54) is 12.8 Å². The Morgan fingerprint density at radius 2 is 2.05 bits per heavy atom. The third kappa shape index (κ3) is 2.81. The smallest absolute Gasteiger partial charge is 0.0834 e. The Morgan fingerprint density at radius 1 is 1.42 bits per heavy atom. The fourth-order valence-corrected chi connectivity index (χ4v) is 3.15. The van der Waals surface area contributed by atoms with E-state index in [-0.39, 0.29) is 11.6 Å². The van der Waals surface area contributed by atoms with Gasteiger partial charge in [-0.3, -0.25) is 9.58 Å². The number of rotatable bonds is 5. The van der Waals surface area contributed by atoms with E-state index in [2.05, 4.69) is 30.8 Å². The van der Waals surface area contributed by atoms with Gasteiger partial charge < -0.3 is 5.73 Å². The third-order valence-corrected chi connectivity index (χ3v) is 4.54. The maximum Gasteiger partial charge on any atom is 0.0834 e. The second-order valence-electron chi connectivity index (χ2n) is 5.93. The van der Waals surface area contributed by atoms with Crippen molar-refractivity contribution in [3.05, 3.63) is 16.9 Å². The van der Waals surface area contributed by atoms with Gasteiger partial charge >= 0.3 is 0 Å². The first-order valence-corrected chi connectivity index (χ1v) is 7.58. The Hall–Kier alpha value is -0.580. The summed E-state index contributed by atoms with van der Waals surface area (Å²) in [6.45, 7) is 9.67. The van der Waals surface area contributed by atoms with Crippen LogP contribution in [-0.4, -0.2) is 33.3 Å². The van der Waals surface area contributed by atoms with Crippen LogP contribution in [0.2, 0.25) is 5.02 Å². The summed E-state index contributed by atoms with van der Waals surface area (Å²) in [5, 5.41) is 5.04. The molecule has 0 aliphatic carbocycles. The lowest BCUT2D eigenvalue weighted by molar-refractivity contribution is 0.120. The molecule has 2 heterocycles. The minimum atomic E-state index is -0.118. The molecule has 1 atom stereocenters. The predicted octanol–water partition coefficient (Wildman–Crippen LogP) is 2.82. The van der Waals surface area contributed by atoms with E-state index in [9.17, 15) is 0 Å². The summed E-state index contributed by atoms with van der Waals surface area (Å²) < 4.78 is 1.96. The average molecular weight is 285 g/mol. The average Bonchev–Trinajstić information content (AvgIpc) is 2.99. The highest BCUT2D eigenvalue weighted by Gasteiger charge is 2.38. The van der Waals surface area contributed by atoms with Gasteiger partial charge in [0.2, 0.25) is 0 Å². The van der Waals surface area contributed by atoms with Crippen molar-refractivity contribution in [3.8, 4) is 0 Å². The lowest BCUT2D eigenvalue weighted by atomic mass is 9.90. The number of nitrogens with two attached hydrogens (primary N) is 1. The van der Waals surface area contributed by atoms with Gasteiger partial charge in [-0.05, 0) is 46.2 Å². The maximum atomic E-state index is 6.54. The van der Waals surface area contributed by atoms with Gasteiger partial charge in [-0.2, -0.15) is 5.10 Å². The van der Waals surface area contributed by atoms with Gasteiger partial charge in [0.15, 0.2) is 0 Å². The molecular weight excluding hydrogens is 260 g/mol. The molecule has 0 radical (unpaired) electrons. The quantitative estimate of drug-likeness (QED) is 0.904. The fraction of sp³-hybridized carbons (Fsp3) is 0.786. The first-order chi connectivity index (χ1) is 8.98. The highest BCUT2D eigenvalue weighted by molar-refractivity contribution is 6.31. The van der Waals surface area contributed by atoms with Crippen LogP contribution in [0.4, 0.5) is 0 Å². The summed E-state index contributed by atoms with van der Waals surface area (Å²) in [6, 6.07) is -0.118. The van der Waals surface area contributed by atoms with Crippen molar-refractivity contribution in [1.82, 2.24) is 14.7 Å². The fourth-order valence-electron chi connectivity index (χ4n) is 2.90. The van der Waals surface area contributed by atoms with E-state index < -0.39 is 0 Å². The molecule has 1 saturated heterocycles. The Morgan fingerprint density at radius 3 is 2.63 bits per heavy atom. The van der Waals surface area contributed by atoms with Crippen LogP contribution in [0, 0.1) is 0 Å². The molecule has 0 saturated carbocycles. The predicted molar refractivity (Wildman–Crippen MR) is 79.3 cm³/mol. The van der Waals surface area contributed by atoms with Gasteiger partial charge in [-0.15, -0.1) is 0 Å². The van der Waals surface area contributed by atoms with Crippen molar-refractivity contribution >= 4 is 11.6 Å². The third-order valence-electron chi connectivity index (χ3n) is 4.25. The molecule has 1 aromatic rings. The maximum absolute atomic E-state index is 6.54. The first-order valence-electron chi connectivity index (χ1n) is 7.20. The van der Waals surface area contributed by atoms with E-state index >= 15 is 0 Å². The molecule has 1 aliphatic heterocycles. The molecule has 0 amide bonds. The molecule has 5 heteroatoms. The Bertz CT molecular complexity index is 421. The van der Waals surface area contributed by atoms with E-state index in [1.807, 2.05) is 4.68 Å². The summed E-state index contributed by atoms with van der Waals surface area (Å²) in [6.07, 6.45) is 5.27. The van der Waals surface area contributed by atoms with Crippen molar-refractivity contribution in [2.45, 2.75) is 58.2 Å². The second kappa shape index (κ2) is 5.81. The van der Waals surface area contributed by atoms with Gasteiger partial charge in [0, 0.05) is 12.1 Å². The van der Waals surface area contributed by atoms with Gasteiger partial charge in [-0.25, -0.2) is 0 Å².